The Morgan fingerprint density at radius 1 is 1.12 bits per heavy atom. The van der Waals surface area contributed by atoms with Crippen molar-refractivity contribution in [1.82, 2.24) is 0 Å². The molecule has 0 saturated heterocycles. The largest absolute Gasteiger partial charge is 0.324 e. The molecule has 0 aliphatic rings. The average Bonchev–Trinajstić information content (AvgIpc) is 2.37. The van der Waals surface area contributed by atoms with Crippen LogP contribution in [0.4, 0.5) is 0 Å². The Balaban J connectivity index is 3.21. The van der Waals surface area contributed by atoms with Gasteiger partial charge in [0.25, 0.3) is 0 Å². The molecular weight excluding hydrogens is 206 g/mol. The van der Waals surface area contributed by atoms with Gasteiger partial charge in [-0.05, 0) is 24.8 Å². The van der Waals surface area contributed by atoms with Gasteiger partial charge in [0, 0.05) is 11.0 Å². The highest BCUT2D eigenvalue weighted by atomic mass is 14.8. The lowest BCUT2D eigenvalue weighted by atomic mass is 9.61. The number of hydrogen-bond donors (Lipinski definition) is 1. The molecule has 0 bridgehead atoms. The van der Waals surface area contributed by atoms with E-state index in [1.165, 1.54) is 5.56 Å². The summed E-state index contributed by atoms with van der Waals surface area (Å²) in [5, 5.41) is 0. The molecule has 1 nitrogen and oxygen atoms in total. The minimum Gasteiger partial charge on any atom is -0.324 e. The van der Waals surface area contributed by atoms with Gasteiger partial charge in [-0.25, -0.2) is 0 Å². The highest BCUT2D eigenvalue weighted by Gasteiger charge is 2.44. The molecule has 1 heteroatoms. The molecule has 0 amide bonds. The molecule has 0 aliphatic carbocycles. The predicted molar refractivity (Wildman–Crippen MR) is 76.1 cm³/mol. The maximum absolute atomic E-state index is 6.69. The van der Waals surface area contributed by atoms with Gasteiger partial charge in [-0.1, -0.05) is 64.4 Å². The molecule has 2 N–H and O–H groups in total. The first kappa shape index (κ1) is 14.2. The summed E-state index contributed by atoms with van der Waals surface area (Å²) in [6.45, 7) is 11.2. The third-order valence-corrected chi connectivity index (χ3v) is 4.94. The maximum Gasteiger partial charge on any atom is 0.0246 e. The van der Waals surface area contributed by atoms with E-state index in [9.17, 15) is 0 Å². The molecule has 1 rings (SSSR count). The summed E-state index contributed by atoms with van der Waals surface area (Å²) >= 11 is 0. The monoisotopic (exact) mass is 233 g/mol. The third-order valence-electron chi connectivity index (χ3n) is 4.94. The Labute approximate surface area is 106 Å². The van der Waals surface area contributed by atoms with Crippen molar-refractivity contribution in [3.63, 3.8) is 0 Å². The predicted octanol–water partition coefficient (Wildman–Crippen LogP) is 4.12. The fourth-order valence-electron chi connectivity index (χ4n) is 2.67. The van der Waals surface area contributed by atoms with Crippen LogP contribution in [0.25, 0.3) is 0 Å². The van der Waals surface area contributed by atoms with Crippen LogP contribution in [0, 0.1) is 5.92 Å². The van der Waals surface area contributed by atoms with Gasteiger partial charge in [-0.15, -0.1) is 0 Å². The van der Waals surface area contributed by atoms with Crippen molar-refractivity contribution < 1.29 is 0 Å². The molecule has 1 aromatic carbocycles. The van der Waals surface area contributed by atoms with Gasteiger partial charge in [-0.3, -0.25) is 0 Å². The number of rotatable bonds is 5. The van der Waals surface area contributed by atoms with Gasteiger partial charge < -0.3 is 5.73 Å². The minimum atomic E-state index is -0.183. The normalized spacial score (nSPS) is 20.4. The highest BCUT2D eigenvalue weighted by molar-refractivity contribution is 5.29. The van der Waals surface area contributed by atoms with Crippen LogP contribution in [0.1, 0.15) is 53.0 Å². The van der Waals surface area contributed by atoms with Gasteiger partial charge in [-0.2, -0.15) is 0 Å². The summed E-state index contributed by atoms with van der Waals surface area (Å²) < 4.78 is 0. The summed E-state index contributed by atoms with van der Waals surface area (Å²) in [6, 6.07) is 10.7. The van der Waals surface area contributed by atoms with Gasteiger partial charge in [0.1, 0.15) is 0 Å². The Hall–Kier alpha value is -0.820. The summed E-state index contributed by atoms with van der Waals surface area (Å²) in [7, 11) is 0. The molecule has 96 valence electrons. The first-order chi connectivity index (χ1) is 7.90. The SMILES string of the molecule is CCC(C)C(C)(N)C(C)(CC)c1ccccc1. The summed E-state index contributed by atoms with van der Waals surface area (Å²) in [6.07, 6.45) is 2.18. The second-order valence-corrected chi connectivity index (χ2v) is 5.64. The van der Waals surface area contributed by atoms with Gasteiger partial charge in [0.15, 0.2) is 0 Å². The second kappa shape index (κ2) is 5.22. The van der Waals surface area contributed by atoms with Crippen molar-refractivity contribution in [2.75, 3.05) is 0 Å². The second-order valence-electron chi connectivity index (χ2n) is 5.64. The molecule has 3 atom stereocenters. The lowest BCUT2D eigenvalue weighted by Gasteiger charge is -2.48. The average molecular weight is 233 g/mol. The zero-order valence-electron chi connectivity index (χ0n) is 12.0. The molecule has 3 unspecified atom stereocenters. The fourth-order valence-corrected chi connectivity index (χ4v) is 2.67. The quantitative estimate of drug-likeness (QED) is 0.813. The molecular formula is C16H27N. The van der Waals surface area contributed by atoms with E-state index in [1.54, 1.807) is 0 Å². The van der Waals surface area contributed by atoms with Crippen molar-refractivity contribution in [3.8, 4) is 0 Å². The van der Waals surface area contributed by atoms with E-state index in [4.69, 9.17) is 5.73 Å². The zero-order valence-corrected chi connectivity index (χ0v) is 12.0. The van der Waals surface area contributed by atoms with E-state index >= 15 is 0 Å². The van der Waals surface area contributed by atoms with Crippen molar-refractivity contribution in [1.29, 1.82) is 0 Å². The fraction of sp³-hybridized carbons (Fsp3) is 0.625. The lowest BCUT2D eigenvalue weighted by molar-refractivity contribution is 0.168. The van der Waals surface area contributed by atoms with Crippen LogP contribution >= 0.6 is 0 Å². The third kappa shape index (κ3) is 2.40. The summed E-state index contributed by atoms with van der Waals surface area (Å²) in [4.78, 5) is 0. The van der Waals surface area contributed by atoms with Crippen molar-refractivity contribution >= 4 is 0 Å². The highest BCUT2D eigenvalue weighted by Crippen LogP contribution is 2.41. The van der Waals surface area contributed by atoms with Crippen LogP contribution in [0.15, 0.2) is 30.3 Å². The van der Waals surface area contributed by atoms with Crippen molar-refractivity contribution in [2.24, 2.45) is 11.7 Å². The van der Waals surface area contributed by atoms with Crippen LogP contribution in [0.5, 0.6) is 0 Å². The Kier molecular flexibility index (Phi) is 4.37. The zero-order chi connectivity index (χ0) is 13.1. The maximum atomic E-state index is 6.69. The van der Waals surface area contributed by atoms with Crippen LogP contribution in [0.2, 0.25) is 0 Å². The van der Waals surface area contributed by atoms with Crippen LogP contribution in [-0.4, -0.2) is 5.54 Å². The van der Waals surface area contributed by atoms with Crippen molar-refractivity contribution in [2.45, 2.75) is 58.4 Å². The molecule has 0 saturated carbocycles. The van der Waals surface area contributed by atoms with E-state index < -0.39 is 0 Å². The van der Waals surface area contributed by atoms with Crippen LogP contribution in [0.3, 0.4) is 0 Å². The van der Waals surface area contributed by atoms with E-state index in [-0.39, 0.29) is 11.0 Å². The molecule has 0 heterocycles. The van der Waals surface area contributed by atoms with Gasteiger partial charge in [0.2, 0.25) is 0 Å². The molecule has 0 radical (unpaired) electrons. The van der Waals surface area contributed by atoms with Gasteiger partial charge in [0.05, 0.1) is 0 Å². The van der Waals surface area contributed by atoms with Crippen LogP contribution < -0.4 is 5.73 Å². The van der Waals surface area contributed by atoms with E-state index in [1.807, 2.05) is 0 Å². The molecule has 0 fully saturated rings. The van der Waals surface area contributed by atoms with Gasteiger partial charge >= 0.3 is 0 Å². The minimum absolute atomic E-state index is 0.0314. The summed E-state index contributed by atoms with van der Waals surface area (Å²) in [5.74, 6) is 0.507. The number of nitrogens with two attached hydrogens (primary N) is 1. The first-order valence-electron chi connectivity index (χ1n) is 6.74. The Morgan fingerprint density at radius 3 is 2.06 bits per heavy atom. The molecule has 0 aliphatic heterocycles. The van der Waals surface area contributed by atoms with E-state index in [2.05, 4.69) is 65.0 Å². The Morgan fingerprint density at radius 2 is 1.65 bits per heavy atom. The Bertz CT molecular complexity index is 342. The molecule has 0 spiro atoms. The number of hydrogen-bond acceptors (Lipinski definition) is 1. The molecule has 17 heavy (non-hydrogen) atoms. The first-order valence-corrected chi connectivity index (χ1v) is 6.74. The van der Waals surface area contributed by atoms with Crippen molar-refractivity contribution in [3.05, 3.63) is 35.9 Å². The summed E-state index contributed by atoms with van der Waals surface area (Å²) in [5.41, 5.74) is 7.90. The molecule has 1 aromatic rings. The smallest absolute Gasteiger partial charge is 0.0246 e. The standard InChI is InChI=1S/C16H27N/c1-6-13(3)16(5,17)15(4,7-2)14-11-9-8-10-12-14/h8-13H,6-7,17H2,1-5H3. The van der Waals surface area contributed by atoms with E-state index in [0.29, 0.717) is 5.92 Å². The topological polar surface area (TPSA) is 26.0 Å². The van der Waals surface area contributed by atoms with E-state index in [0.717, 1.165) is 12.8 Å². The van der Waals surface area contributed by atoms with Crippen LogP contribution in [-0.2, 0) is 5.41 Å². The molecule has 0 aromatic heterocycles. The number of benzene rings is 1. The lowest BCUT2D eigenvalue weighted by Crippen LogP contribution is -2.58.